The van der Waals surface area contributed by atoms with E-state index in [-0.39, 0.29) is 5.91 Å². The number of rotatable bonds is 6. The van der Waals surface area contributed by atoms with Crippen molar-refractivity contribution in [3.05, 3.63) is 24.3 Å². The summed E-state index contributed by atoms with van der Waals surface area (Å²) in [6, 6.07) is 8.07. The van der Waals surface area contributed by atoms with Crippen LogP contribution in [0.4, 0.5) is 5.13 Å². The van der Waals surface area contributed by atoms with E-state index < -0.39 is 5.41 Å². The van der Waals surface area contributed by atoms with Crippen molar-refractivity contribution in [3.8, 4) is 0 Å². The van der Waals surface area contributed by atoms with Crippen LogP contribution in [0.1, 0.15) is 34.6 Å². The molecular weight excluding hydrogens is 306 g/mol. The number of carbonyl (C=O) groups excluding carboxylic acids is 1. The van der Waals surface area contributed by atoms with E-state index in [0.29, 0.717) is 6.54 Å². The molecule has 0 aliphatic heterocycles. The molecule has 1 amide bonds. The number of hydrogen-bond donors (Lipinski definition) is 1. The number of quaternary nitrogens is 1. The zero-order valence-corrected chi connectivity index (χ0v) is 15.7. The molecular formula is C18H28N3OS+. The number of anilines is 1. The highest BCUT2D eigenvalue weighted by Gasteiger charge is 2.30. The smallest absolute Gasteiger partial charge is 0.234 e. The predicted octanol–water partition coefficient (Wildman–Crippen LogP) is 2.60. The lowest BCUT2D eigenvalue weighted by atomic mass is 9.95. The number of carbonyl (C=O) groups is 1. The Morgan fingerprint density at radius 2 is 1.87 bits per heavy atom. The third-order valence-corrected chi connectivity index (χ3v) is 5.15. The van der Waals surface area contributed by atoms with Crippen molar-refractivity contribution < 1.29 is 9.69 Å². The van der Waals surface area contributed by atoms with Gasteiger partial charge in [-0.15, -0.1) is 0 Å². The number of aromatic nitrogens is 1. The number of para-hydroxylation sites is 1. The van der Waals surface area contributed by atoms with Crippen LogP contribution in [-0.2, 0) is 4.79 Å². The second kappa shape index (κ2) is 7.41. The van der Waals surface area contributed by atoms with E-state index in [0.717, 1.165) is 35.0 Å². The molecule has 0 bridgehead atoms. The number of hydrogen-bond acceptors (Lipinski definition) is 3. The van der Waals surface area contributed by atoms with Gasteiger partial charge in [-0.1, -0.05) is 44.2 Å². The van der Waals surface area contributed by atoms with Gasteiger partial charge in [-0.05, 0) is 26.0 Å². The molecule has 1 aromatic carbocycles. The third kappa shape index (κ3) is 4.30. The summed E-state index contributed by atoms with van der Waals surface area (Å²) in [5.41, 5.74) is 0.561. The molecule has 126 valence electrons. The van der Waals surface area contributed by atoms with Crippen molar-refractivity contribution in [3.63, 3.8) is 0 Å². The Bertz CT molecular complexity index is 623. The molecule has 0 saturated carbocycles. The minimum Gasteiger partial charge on any atom is -0.334 e. The van der Waals surface area contributed by atoms with E-state index in [2.05, 4.69) is 19.9 Å². The van der Waals surface area contributed by atoms with Crippen molar-refractivity contribution in [2.75, 3.05) is 31.1 Å². The molecule has 2 aromatic rings. The van der Waals surface area contributed by atoms with Gasteiger partial charge in [0.15, 0.2) is 5.13 Å². The summed E-state index contributed by atoms with van der Waals surface area (Å²) in [6.07, 6.45) is 0. The highest BCUT2D eigenvalue weighted by atomic mass is 32.1. The lowest BCUT2D eigenvalue weighted by Crippen LogP contribution is -3.12. The summed E-state index contributed by atoms with van der Waals surface area (Å²) in [5.74, 6) is 0.142. The molecule has 1 N–H and O–H groups in total. The fraction of sp³-hybridized carbons (Fsp3) is 0.556. The number of nitrogens with one attached hydrogen (secondary N) is 1. The molecule has 0 fully saturated rings. The Hall–Kier alpha value is -1.46. The summed E-state index contributed by atoms with van der Waals surface area (Å²) in [7, 11) is 0. The third-order valence-electron chi connectivity index (χ3n) is 4.09. The molecule has 2 rings (SSSR count). The van der Waals surface area contributed by atoms with E-state index in [1.54, 1.807) is 11.3 Å². The molecule has 0 atom stereocenters. The van der Waals surface area contributed by atoms with Crippen LogP contribution in [0.2, 0.25) is 0 Å². The van der Waals surface area contributed by atoms with Crippen LogP contribution in [-0.4, -0.2) is 37.1 Å². The lowest BCUT2D eigenvalue weighted by Gasteiger charge is -2.28. The Morgan fingerprint density at radius 1 is 1.22 bits per heavy atom. The molecule has 23 heavy (non-hydrogen) atoms. The molecule has 0 saturated heterocycles. The quantitative estimate of drug-likeness (QED) is 0.882. The van der Waals surface area contributed by atoms with Crippen LogP contribution < -0.4 is 9.80 Å². The SMILES string of the molecule is CC[NH+](CC)CCN(C(=O)C(C)(C)C)c1nc2ccccc2s1. The van der Waals surface area contributed by atoms with Crippen molar-refractivity contribution in [1.82, 2.24) is 4.98 Å². The summed E-state index contributed by atoms with van der Waals surface area (Å²) in [5, 5.41) is 0.817. The first-order chi connectivity index (χ1) is 10.9. The number of thiazole rings is 1. The van der Waals surface area contributed by atoms with Crippen molar-refractivity contribution in [2.24, 2.45) is 5.41 Å². The van der Waals surface area contributed by atoms with E-state index >= 15 is 0 Å². The van der Waals surface area contributed by atoms with E-state index in [1.807, 2.05) is 43.9 Å². The van der Waals surface area contributed by atoms with Gasteiger partial charge in [0, 0.05) is 5.41 Å². The average Bonchev–Trinajstić information content (AvgIpc) is 2.94. The standard InChI is InChI=1S/C18H27N3OS/c1-6-20(7-2)12-13-21(16(22)18(3,4)5)17-19-14-10-8-9-11-15(14)23-17/h8-11H,6-7,12-13H2,1-5H3/p+1. The highest BCUT2D eigenvalue weighted by Crippen LogP contribution is 2.31. The molecule has 1 aromatic heterocycles. The summed E-state index contributed by atoms with van der Waals surface area (Å²) in [4.78, 5) is 21.0. The van der Waals surface area contributed by atoms with Crippen molar-refractivity contribution in [2.45, 2.75) is 34.6 Å². The average molecular weight is 335 g/mol. The van der Waals surface area contributed by atoms with Gasteiger partial charge in [0.25, 0.3) is 0 Å². The van der Waals surface area contributed by atoms with E-state index in [9.17, 15) is 4.79 Å². The number of amides is 1. The maximum Gasteiger partial charge on any atom is 0.234 e. The van der Waals surface area contributed by atoms with Crippen molar-refractivity contribution >= 4 is 32.6 Å². The normalized spacial score (nSPS) is 12.1. The van der Waals surface area contributed by atoms with Gasteiger partial charge in [-0.25, -0.2) is 4.98 Å². The number of likely N-dealkylation sites (N-methyl/N-ethyl adjacent to an activating group) is 1. The van der Waals surface area contributed by atoms with Crippen LogP contribution in [0.5, 0.6) is 0 Å². The second-order valence-corrected chi connectivity index (χ2v) is 7.89. The largest absolute Gasteiger partial charge is 0.334 e. The molecule has 0 unspecified atom stereocenters. The molecule has 0 spiro atoms. The minimum absolute atomic E-state index is 0.142. The molecule has 0 aliphatic carbocycles. The van der Waals surface area contributed by atoms with Gasteiger partial charge in [-0.2, -0.15) is 0 Å². The van der Waals surface area contributed by atoms with Crippen LogP contribution in [0.25, 0.3) is 10.2 Å². The molecule has 5 heteroatoms. The van der Waals surface area contributed by atoms with Gasteiger partial charge >= 0.3 is 0 Å². The van der Waals surface area contributed by atoms with Gasteiger partial charge < -0.3 is 4.90 Å². The Kier molecular flexibility index (Phi) is 5.76. The van der Waals surface area contributed by atoms with Crippen LogP contribution in [0.15, 0.2) is 24.3 Å². The summed E-state index contributed by atoms with van der Waals surface area (Å²) in [6.45, 7) is 14.1. The molecule has 0 radical (unpaired) electrons. The monoisotopic (exact) mass is 334 g/mol. The molecule has 4 nitrogen and oxygen atoms in total. The fourth-order valence-electron chi connectivity index (χ4n) is 2.54. The predicted molar refractivity (Wildman–Crippen MR) is 98.3 cm³/mol. The minimum atomic E-state index is -0.406. The van der Waals surface area contributed by atoms with Crippen LogP contribution in [0.3, 0.4) is 0 Å². The Balaban J connectivity index is 2.30. The van der Waals surface area contributed by atoms with E-state index in [4.69, 9.17) is 4.98 Å². The zero-order chi connectivity index (χ0) is 17.0. The highest BCUT2D eigenvalue weighted by molar-refractivity contribution is 7.22. The molecule has 1 heterocycles. The van der Waals surface area contributed by atoms with Gasteiger partial charge in [0.1, 0.15) is 0 Å². The lowest BCUT2D eigenvalue weighted by molar-refractivity contribution is -0.894. The number of nitrogens with zero attached hydrogens (tertiary/aromatic N) is 2. The maximum absolute atomic E-state index is 12.9. The second-order valence-electron chi connectivity index (χ2n) is 6.88. The van der Waals surface area contributed by atoms with Crippen LogP contribution in [0, 0.1) is 5.41 Å². The summed E-state index contributed by atoms with van der Waals surface area (Å²) < 4.78 is 1.13. The Labute approximate surface area is 143 Å². The van der Waals surface area contributed by atoms with E-state index in [1.165, 1.54) is 4.90 Å². The van der Waals surface area contributed by atoms with Gasteiger partial charge in [-0.3, -0.25) is 9.69 Å². The van der Waals surface area contributed by atoms with Gasteiger partial charge in [0.05, 0.1) is 36.4 Å². The van der Waals surface area contributed by atoms with Crippen molar-refractivity contribution in [1.29, 1.82) is 0 Å². The first-order valence-corrected chi connectivity index (χ1v) is 9.19. The first-order valence-electron chi connectivity index (χ1n) is 8.38. The summed E-state index contributed by atoms with van der Waals surface area (Å²) >= 11 is 1.60. The number of benzene rings is 1. The number of fused-ring (bicyclic) bond motifs is 1. The fourth-order valence-corrected chi connectivity index (χ4v) is 3.53. The topological polar surface area (TPSA) is 37.6 Å². The molecule has 0 aliphatic rings. The Morgan fingerprint density at radius 3 is 2.43 bits per heavy atom. The van der Waals surface area contributed by atoms with Crippen LogP contribution >= 0.6 is 11.3 Å². The maximum atomic E-state index is 12.9. The zero-order valence-electron chi connectivity index (χ0n) is 14.8. The van der Waals surface area contributed by atoms with Gasteiger partial charge in [0.2, 0.25) is 5.91 Å². The first kappa shape index (κ1) is 17.9.